The van der Waals surface area contributed by atoms with Gasteiger partial charge in [0.05, 0.1) is 5.75 Å². The Balaban J connectivity index is 1.22. The van der Waals surface area contributed by atoms with Crippen LogP contribution in [0.1, 0.15) is 38.5 Å². The minimum Gasteiger partial charge on any atom is -0.350 e. The minimum absolute atomic E-state index is 0.0127. The van der Waals surface area contributed by atoms with Gasteiger partial charge in [0, 0.05) is 16.8 Å². The van der Waals surface area contributed by atoms with E-state index in [-0.39, 0.29) is 17.3 Å². The fourth-order valence-electron chi connectivity index (χ4n) is 6.68. The molecular formula is C26H27FN4OS. The summed E-state index contributed by atoms with van der Waals surface area (Å²) in [5.41, 5.74) is 1.70. The number of nitrogens with zero attached hydrogens (tertiary/aromatic N) is 3. The molecule has 0 saturated heterocycles. The van der Waals surface area contributed by atoms with E-state index in [0.717, 1.165) is 48.3 Å². The van der Waals surface area contributed by atoms with Crippen LogP contribution in [0, 0.1) is 23.6 Å². The number of carbonyl (C=O) groups is 1. The first-order valence-corrected chi connectivity index (χ1v) is 12.8. The van der Waals surface area contributed by atoms with Crippen molar-refractivity contribution >= 4 is 17.7 Å². The van der Waals surface area contributed by atoms with Gasteiger partial charge in [-0.05, 0) is 92.7 Å². The molecule has 0 radical (unpaired) electrons. The molecule has 3 aromatic rings. The second-order valence-electron chi connectivity index (χ2n) is 10.0. The Hall–Kier alpha value is -2.67. The van der Waals surface area contributed by atoms with E-state index in [1.807, 2.05) is 34.9 Å². The Bertz CT molecular complexity index is 1130. The highest BCUT2D eigenvalue weighted by Gasteiger charge is 2.51. The second kappa shape index (κ2) is 8.28. The standard InChI is InChI=1S/C26H27FN4OS/c27-21-8-6-20(7-9-21)24-29-30-25(31(24)22-4-2-1-3-5-22)33-16-23(32)28-26-13-17-10-18(14-26)12-19(11-17)15-26/h1-9,17-19H,10-16H2,(H,28,32). The van der Waals surface area contributed by atoms with Crippen LogP contribution in [0.15, 0.2) is 59.8 Å². The zero-order valence-electron chi connectivity index (χ0n) is 18.4. The lowest BCUT2D eigenvalue weighted by atomic mass is 9.53. The molecule has 4 saturated carbocycles. The SMILES string of the molecule is O=C(CSc1nnc(-c2ccc(F)cc2)n1-c1ccccc1)NC12CC3CC(CC(C3)C1)C2. The molecule has 0 aliphatic heterocycles. The molecule has 5 nitrogen and oxygen atoms in total. The van der Waals surface area contributed by atoms with E-state index in [0.29, 0.717) is 16.7 Å². The Kier molecular flexibility index (Phi) is 5.24. The number of benzene rings is 2. The van der Waals surface area contributed by atoms with Crippen LogP contribution in [0.2, 0.25) is 0 Å². The summed E-state index contributed by atoms with van der Waals surface area (Å²) in [6.45, 7) is 0. The van der Waals surface area contributed by atoms with Crippen LogP contribution >= 0.6 is 11.8 Å². The van der Waals surface area contributed by atoms with Crippen molar-refractivity contribution in [3.63, 3.8) is 0 Å². The lowest BCUT2D eigenvalue weighted by Crippen LogP contribution is -2.60. The molecule has 0 atom stereocenters. The van der Waals surface area contributed by atoms with Crippen molar-refractivity contribution in [1.82, 2.24) is 20.1 Å². The molecule has 1 aromatic heterocycles. The number of carbonyl (C=O) groups excluding carboxylic acids is 1. The maximum Gasteiger partial charge on any atom is 0.230 e. The molecule has 1 heterocycles. The largest absolute Gasteiger partial charge is 0.350 e. The molecule has 4 aliphatic rings. The van der Waals surface area contributed by atoms with Gasteiger partial charge >= 0.3 is 0 Å². The van der Waals surface area contributed by atoms with Gasteiger partial charge < -0.3 is 5.32 Å². The second-order valence-corrected chi connectivity index (χ2v) is 11.0. The number of nitrogens with one attached hydrogen (secondary N) is 1. The van der Waals surface area contributed by atoms with E-state index in [9.17, 15) is 9.18 Å². The Labute approximate surface area is 197 Å². The molecule has 7 rings (SSSR count). The summed E-state index contributed by atoms with van der Waals surface area (Å²) in [5.74, 6) is 3.10. The highest BCUT2D eigenvalue weighted by Crippen LogP contribution is 2.55. The number of hydrogen-bond donors (Lipinski definition) is 1. The number of halogens is 1. The highest BCUT2D eigenvalue weighted by atomic mass is 32.2. The molecule has 1 amide bonds. The van der Waals surface area contributed by atoms with Gasteiger partial charge in [-0.15, -0.1) is 10.2 Å². The summed E-state index contributed by atoms with van der Waals surface area (Å²) >= 11 is 1.40. The predicted molar refractivity (Wildman–Crippen MR) is 127 cm³/mol. The Morgan fingerprint density at radius 2 is 1.61 bits per heavy atom. The van der Waals surface area contributed by atoms with Gasteiger partial charge in [0.2, 0.25) is 5.91 Å². The smallest absolute Gasteiger partial charge is 0.230 e. The predicted octanol–water partition coefficient (Wildman–Crippen LogP) is 5.25. The van der Waals surface area contributed by atoms with Gasteiger partial charge in [-0.25, -0.2) is 4.39 Å². The summed E-state index contributed by atoms with van der Waals surface area (Å²) in [4.78, 5) is 13.0. The van der Waals surface area contributed by atoms with Gasteiger partial charge in [0.1, 0.15) is 5.82 Å². The summed E-state index contributed by atoms with van der Waals surface area (Å²) < 4.78 is 15.4. The lowest BCUT2D eigenvalue weighted by Gasteiger charge is -2.56. The molecule has 7 heteroatoms. The summed E-state index contributed by atoms with van der Waals surface area (Å²) in [7, 11) is 0. The number of thioether (sulfide) groups is 1. The summed E-state index contributed by atoms with van der Waals surface area (Å²) in [5, 5.41) is 12.9. The Morgan fingerprint density at radius 1 is 0.970 bits per heavy atom. The third-order valence-corrected chi connectivity index (χ3v) is 8.45. The molecule has 170 valence electrons. The molecule has 0 spiro atoms. The van der Waals surface area contributed by atoms with Crippen LogP contribution in [-0.2, 0) is 4.79 Å². The normalized spacial score (nSPS) is 27.6. The topological polar surface area (TPSA) is 59.8 Å². The molecule has 2 aromatic carbocycles. The van der Waals surface area contributed by atoms with Crippen molar-refractivity contribution in [2.75, 3.05) is 5.75 Å². The van der Waals surface area contributed by atoms with Gasteiger partial charge in [-0.2, -0.15) is 0 Å². The first-order chi connectivity index (χ1) is 16.1. The molecule has 0 unspecified atom stereocenters. The highest BCUT2D eigenvalue weighted by molar-refractivity contribution is 7.99. The van der Waals surface area contributed by atoms with E-state index in [1.165, 1.54) is 43.2 Å². The zero-order chi connectivity index (χ0) is 22.4. The Morgan fingerprint density at radius 3 is 2.24 bits per heavy atom. The van der Waals surface area contributed by atoms with Crippen LogP contribution in [0.25, 0.3) is 17.1 Å². The summed E-state index contributed by atoms with van der Waals surface area (Å²) in [6.07, 6.45) is 7.50. The molecule has 4 fully saturated rings. The number of aromatic nitrogens is 3. The maximum absolute atomic E-state index is 13.5. The van der Waals surface area contributed by atoms with E-state index in [1.54, 1.807) is 12.1 Å². The van der Waals surface area contributed by atoms with Crippen molar-refractivity contribution in [2.45, 2.75) is 49.2 Å². The molecule has 4 aliphatic carbocycles. The van der Waals surface area contributed by atoms with Gasteiger partial charge in [0.25, 0.3) is 0 Å². The van der Waals surface area contributed by atoms with Crippen molar-refractivity contribution in [1.29, 1.82) is 0 Å². The van der Waals surface area contributed by atoms with Crippen molar-refractivity contribution in [3.05, 3.63) is 60.4 Å². The van der Waals surface area contributed by atoms with Gasteiger partial charge in [-0.3, -0.25) is 9.36 Å². The van der Waals surface area contributed by atoms with Crippen LogP contribution in [0.3, 0.4) is 0 Å². The van der Waals surface area contributed by atoms with E-state index in [2.05, 4.69) is 15.5 Å². The maximum atomic E-state index is 13.5. The molecule has 4 bridgehead atoms. The third kappa shape index (κ3) is 4.07. The van der Waals surface area contributed by atoms with Gasteiger partial charge in [-0.1, -0.05) is 30.0 Å². The number of para-hydroxylation sites is 1. The number of hydrogen-bond acceptors (Lipinski definition) is 4. The number of rotatable bonds is 6. The first-order valence-electron chi connectivity index (χ1n) is 11.8. The molecule has 33 heavy (non-hydrogen) atoms. The molecular weight excluding hydrogens is 435 g/mol. The van der Waals surface area contributed by atoms with Gasteiger partial charge in [0.15, 0.2) is 11.0 Å². The van der Waals surface area contributed by atoms with E-state index in [4.69, 9.17) is 0 Å². The zero-order valence-corrected chi connectivity index (χ0v) is 19.2. The van der Waals surface area contributed by atoms with Crippen molar-refractivity contribution in [3.8, 4) is 17.1 Å². The monoisotopic (exact) mass is 462 g/mol. The lowest BCUT2D eigenvalue weighted by molar-refractivity contribution is -0.124. The summed E-state index contributed by atoms with van der Waals surface area (Å²) in [6, 6.07) is 16.1. The first kappa shape index (κ1) is 20.9. The van der Waals surface area contributed by atoms with Crippen LogP contribution in [0.4, 0.5) is 4.39 Å². The average Bonchev–Trinajstić information content (AvgIpc) is 3.21. The average molecular weight is 463 g/mol. The fourth-order valence-corrected chi connectivity index (χ4v) is 7.44. The van der Waals surface area contributed by atoms with Crippen LogP contribution < -0.4 is 5.32 Å². The fraction of sp³-hybridized carbons (Fsp3) is 0.423. The van der Waals surface area contributed by atoms with E-state index < -0.39 is 0 Å². The van der Waals surface area contributed by atoms with E-state index >= 15 is 0 Å². The van der Waals surface area contributed by atoms with Crippen LogP contribution in [0.5, 0.6) is 0 Å². The van der Waals surface area contributed by atoms with Crippen LogP contribution in [-0.4, -0.2) is 32.0 Å². The number of amides is 1. The quantitative estimate of drug-likeness (QED) is 0.508. The third-order valence-electron chi connectivity index (χ3n) is 7.53. The van der Waals surface area contributed by atoms with Crippen molar-refractivity contribution in [2.24, 2.45) is 17.8 Å². The van der Waals surface area contributed by atoms with Crippen molar-refractivity contribution < 1.29 is 9.18 Å². The molecule has 1 N–H and O–H groups in total. The minimum atomic E-state index is -0.291.